The van der Waals surface area contributed by atoms with Crippen LogP contribution in [-0.2, 0) is 6.54 Å². The summed E-state index contributed by atoms with van der Waals surface area (Å²) in [5, 5.41) is 4.95. The van der Waals surface area contributed by atoms with Gasteiger partial charge in [-0.3, -0.25) is 4.79 Å². The van der Waals surface area contributed by atoms with Crippen LogP contribution in [0.5, 0.6) is 0 Å². The van der Waals surface area contributed by atoms with Crippen LogP contribution in [0.25, 0.3) is 21.8 Å². The van der Waals surface area contributed by atoms with Crippen molar-refractivity contribution in [3.8, 4) is 0 Å². The Morgan fingerprint density at radius 2 is 2.10 bits per heavy atom. The van der Waals surface area contributed by atoms with E-state index in [-0.39, 0.29) is 5.91 Å². The third-order valence-corrected chi connectivity index (χ3v) is 3.64. The molecule has 0 aliphatic carbocycles. The van der Waals surface area contributed by atoms with E-state index < -0.39 is 0 Å². The lowest BCUT2D eigenvalue weighted by molar-refractivity contribution is 0.0950. The molecule has 0 saturated carbocycles. The maximum Gasteiger partial charge on any atom is 0.269 e. The minimum Gasteiger partial charge on any atom is -0.349 e. The number of aryl methyl sites for hydroxylation is 1. The number of benzene rings is 1. The van der Waals surface area contributed by atoms with Gasteiger partial charge in [0.05, 0.1) is 11.7 Å². The van der Waals surface area contributed by atoms with Crippen molar-refractivity contribution in [3.05, 3.63) is 42.2 Å². The number of rotatable bonds is 4. The summed E-state index contributed by atoms with van der Waals surface area (Å²) in [6, 6.07) is 10.1. The van der Waals surface area contributed by atoms with Gasteiger partial charge in [-0.15, -0.1) is 0 Å². The lowest BCUT2D eigenvalue weighted by Gasteiger charge is -2.04. The second kappa shape index (κ2) is 5.54. The molecule has 108 valence electrons. The van der Waals surface area contributed by atoms with Crippen LogP contribution in [0.15, 0.2) is 36.5 Å². The fourth-order valence-corrected chi connectivity index (χ4v) is 2.69. The van der Waals surface area contributed by atoms with Crippen LogP contribution in [0.2, 0.25) is 0 Å². The largest absolute Gasteiger partial charge is 0.349 e. The highest BCUT2D eigenvalue weighted by Crippen LogP contribution is 2.28. The number of carbonyl (C=O) groups is 1. The fourth-order valence-electron chi connectivity index (χ4n) is 2.69. The molecule has 5 nitrogen and oxygen atoms in total. The molecular weight excluding hydrogens is 264 g/mol. The monoisotopic (exact) mass is 282 g/mol. The predicted molar refractivity (Wildman–Crippen MR) is 84.3 cm³/mol. The second-order valence-corrected chi connectivity index (χ2v) is 4.89. The van der Waals surface area contributed by atoms with Gasteiger partial charge in [-0.05, 0) is 19.1 Å². The number of para-hydroxylation sites is 1. The first-order chi connectivity index (χ1) is 10.3. The highest BCUT2D eigenvalue weighted by molar-refractivity contribution is 6.09. The summed E-state index contributed by atoms with van der Waals surface area (Å²) >= 11 is 0. The summed E-state index contributed by atoms with van der Waals surface area (Å²) in [5.74, 6) is -0.185. The smallest absolute Gasteiger partial charge is 0.269 e. The van der Waals surface area contributed by atoms with E-state index in [0.717, 1.165) is 28.4 Å². The van der Waals surface area contributed by atoms with E-state index in [9.17, 15) is 4.79 Å². The van der Waals surface area contributed by atoms with Crippen LogP contribution in [0.1, 0.15) is 17.4 Å². The fraction of sp³-hybridized carbons (Fsp3) is 0.250. The first-order valence-electron chi connectivity index (χ1n) is 7.11. The van der Waals surface area contributed by atoms with Gasteiger partial charge < -0.3 is 15.6 Å². The van der Waals surface area contributed by atoms with Crippen LogP contribution in [0, 0.1) is 0 Å². The average molecular weight is 282 g/mol. The Labute approximate surface area is 122 Å². The SMILES string of the molecule is CCn1c2ccccc2c2cc(C(=O)NCCN)ncc21. The number of amides is 1. The van der Waals surface area contributed by atoms with Crippen molar-refractivity contribution >= 4 is 27.7 Å². The van der Waals surface area contributed by atoms with Crippen LogP contribution < -0.4 is 11.1 Å². The zero-order valence-corrected chi connectivity index (χ0v) is 12.0. The molecule has 0 aliphatic rings. The number of pyridine rings is 1. The maximum atomic E-state index is 12.0. The van der Waals surface area contributed by atoms with Gasteiger partial charge in [-0.1, -0.05) is 18.2 Å². The van der Waals surface area contributed by atoms with Gasteiger partial charge in [0, 0.05) is 35.9 Å². The van der Waals surface area contributed by atoms with Crippen LogP contribution in [0.3, 0.4) is 0 Å². The Hall–Kier alpha value is -2.40. The molecule has 0 bridgehead atoms. The Balaban J connectivity index is 2.17. The normalized spacial score (nSPS) is 11.1. The van der Waals surface area contributed by atoms with Crippen molar-refractivity contribution in [1.29, 1.82) is 0 Å². The molecule has 0 atom stereocenters. The van der Waals surface area contributed by atoms with Crippen molar-refractivity contribution < 1.29 is 4.79 Å². The Morgan fingerprint density at radius 3 is 2.86 bits per heavy atom. The molecule has 0 spiro atoms. The number of nitrogens with one attached hydrogen (secondary N) is 1. The topological polar surface area (TPSA) is 72.9 Å². The number of hydrogen-bond acceptors (Lipinski definition) is 3. The first-order valence-corrected chi connectivity index (χ1v) is 7.11. The number of hydrogen-bond donors (Lipinski definition) is 2. The highest BCUT2D eigenvalue weighted by atomic mass is 16.1. The standard InChI is InChI=1S/C16H18N4O/c1-2-20-14-6-4-3-5-11(14)12-9-13(19-10-15(12)20)16(21)18-8-7-17/h3-6,9-10H,2,7-8,17H2,1H3,(H,18,21). The Kier molecular flexibility index (Phi) is 3.58. The van der Waals surface area contributed by atoms with E-state index >= 15 is 0 Å². The minimum atomic E-state index is -0.185. The van der Waals surface area contributed by atoms with Crippen LogP contribution in [0.4, 0.5) is 0 Å². The third-order valence-electron chi connectivity index (χ3n) is 3.64. The molecule has 2 heterocycles. The summed E-state index contributed by atoms with van der Waals surface area (Å²) in [6.45, 7) is 3.84. The van der Waals surface area contributed by atoms with Gasteiger partial charge in [-0.25, -0.2) is 4.98 Å². The molecule has 0 unspecified atom stereocenters. The van der Waals surface area contributed by atoms with Crippen molar-refractivity contribution in [1.82, 2.24) is 14.9 Å². The van der Waals surface area contributed by atoms with Crippen molar-refractivity contribution in [2.45, 2.75) is 13.5 Å². The number of nitrogens with two attached hydrogens (primary N) is 1. The minimum absolute atomic E-state index is 0.185. The second-order valence-electron chi connectivity index (χ2n) is 4.89. The number of nitrogens with zero attached hydrogens (tertiary/aromatic N) is 2. The van der Waals surface area contributed by atoms with Gasteiger partial charge in [0.15, 0.2) is 0 Å². The predicted octanol–water partition coefficient (Wildman–Crippen LogP) is 1.90. The lowest BCUT2D eigenvalue weighted by Crippen LogP contribution is -2.29. The molecule has 21 heavy (non-hydrogen) atoms. The van der Waals surface area contributed by atoms with Crippen molar-refractivity contribution in [3.63, 3.8) is 0 Å². The van der Waals surface area contributed by atoms with Crippen molar-refractivity contribution in [2.24, 2.45) is 5.73 Å². The van der Waals surface area contributed by atoms with Crippen molar-refractivity contribution in [2.75, 3.05) is 13.1 Å². The number of aromatic nitrogens is 2. The maximum absolute atomic E-state index is 12.0. The van der Waals surface area contributed by atoms with Gasteiger partial charge in [0.2, 0.25) is 0 Å². The summed E-state index contributed by atoms with van der Waals surface area (Å²) in [5.41, 5.74) is 8.04. The Morgan fingerprint density at radius 1 is 1.29 bits per heavy atom. The summed E-state index contributed by atoms with van der Waals surface area (Å²) in [7, 11) is 0. The Bertz CT molecular complexity index is 806. The van der Waals surface area contributed by atoms with E-state index in [1.165, 1.54) is 0 Å². The van der Waals surface area contributed by atoms with Gasteiger partial charge in [0.1, 0.15) is 5.69 Å². The summed E-state index contributed by atoms with van der Waals surface area (Å²) in [6.07, 6.45) is 1.77. The van der Waals surface area contributed by atoms with Gasteiger partial charge in [0.25, 0.3) is 5.91 Å². The van der Waals surface area contributed by atoms with E-state index in [4.69, 9.17) is 5.73 Å². The van der Waals surface area contributed by atoms with Crippen LogP contribution in [-0.4, -0.2) is 28.5 Å². The molecule has 0 fully saturated rings. The molecule has 3 rings (SSSR count). The molecule has 5 heteroatoms. The summed E-state index contributed by atoms with van der Waals surface area (Å²) in [4.78, 5) is 16.3. The zero-order valence-electron chi connectivity index (χ0n) is 12.0. The molecule has 3 aromatic rings. The molecule has 0 radical (unpaired) electrons. The molecule has 1 aromatic carbocycles. The zero-order chi connectivity index (χ0) is 14.8. The number of carbonyl (C=O) groups excluding carboxylic acids is 1. The van der Waals surface area contributed by atoms with E-state index in [1.807, 2.05) is 18.2 Å². The molecule has 0 aliphatic heterocycles. The van der Waals surface area contributed by atoms with E-state index in [1.54, 1.807) is 6.20 Å². The first kappa shape index (κ1) is 13.6. The number of fused-ring (bicyclic) bond motifs is 3. The quantitative estimate of drug-likeness (QED) is 0.767. The third kappa shape index (κ3) is 2.25. The molecule has 2 aromatic heterocycles. The van der Waals surface area contributed by atoms with Crippen LogP contribution >= 0.6 is 0 Å². The van der Waals surface area contributed by atoms with Gasteiger partial charge >= 0.3 is 0 Å². The lowest BCUT2D eigenvalue weighted by atomic mass is 10.1. The molecular formula is C16H18N4O. The molecule has 1 amide bonds. The molecule has 3 N–H and O–H groups in total. The summed E-state index contributed by atoms with van der Waals surface area (Å²) < 4.78 is 2.21. The van der Waals surface area contributed by atoms with E-state index in [0.29, 0.717) is 18.8 Å². The van der Waals surface area contributed by atoms with E-state index in [2.05, 4.69) is 33.9 Å². The average Bonchev–Trinajstić information content (AvgIpc) is 2.85. The highest BCUT2D eigenvalue weighted by Gasteiger charge is 2.13. The molecule has 0 saturated heterocycles. The van der Waals surface area contributed by atoms with Gasteiger partial charge in [-0.2, -0.15) is 0 Å².